The number of piperidine rings is 1. The van der Waals surface area contributed by atoms with Crippen LogP contribution in [0.4, 0.5) is 0 Å². The maximum Gasteiger partial charge on any atom is 0.309 e. The van der Waals surface area contributed by atoms with Gasteiger partial charge in [-0.3, -0.25) is 14.4 Å². The molecule has 6 nitrogen and oxygen atoms in total. The number of H-pyrrole nitrogens is 1. The summed E-state index contributed by atoms with van der Waals surface area (Å²) < 4.78 is 0. The summed E-state index contributed by atoms with van der Waals surface area (Å²) in [6, 6.07) is 4.42. The molecular formula is C13H16N2O4. The van der Waals surface area contributed by atoms with Crippen molar-refractivity contribution in [2.75, 3.05) is 13.1 Å². The number of aromatic nitrogens is 1. The van der Waals surface area contributed by atoms with Crippen molar-refractivity contribution in [3.63, 3.8) is 0 Å². The van der Waals surface area contributed by atoms with Crippen molar-refractivity contribution >= 4 is 11.9 Å². The van der Waals surface area contributed by atoms with Gasteiger partial charge in [-0.25, -0.2) is 0 Å². The molecule has 0 bridgehead atoms. The van der Waals surface area contributed by atoms with Crippen LogP contribution in [-0.2, 0) is 4.79 Å². The van der Waals surface area contributed by atoms with E-state index in [0.717, 1.165) is 0 Å². The fourth-order valence-electron chi connectivity index (χ4n) is 2.16. The predicted octanol–water partition coefficient (Wildman–Crippen LogP) is 0.702. The summed E-state index contributed by atoms with van der Waals surface area (Å²) in [4.78, 5) is 38.5. The number of carbonyl (C=O) groups is 2. The van der Waals surface area contributed by atoms with Crippen molar-refractivity contribution in [3.8, 4) is 0 Å². The number of aromatic amines is 1. The van der Waals surface area contributed by atoms with E-state index in [1.54, 1.807) is 17.9 Å². The normalized spacial score (nSPS) is 18.1. The summed E-state index contributed by atoms with van der Waals surface area (Å²) in [5, 5.41) is 9.12. The van der Waals surface area contributed by atoms with Crippen LogP contribution in [0.3, 0.4) is 0 Å². The molecule has 1 aromatic rings. The van der Waals surface area contributed by atoms with Gasteiger partial charge in [0.1, 0.15) is 5.69 Å². The SMILES string of the molecule is CC1(C(=O)O)CCN(C(=O)c2cccc(=O)[nH]2)CC1. The highest BCUT2D eigenvalue weighted by Gasteiger charge is 2.38. The van der Waals surface area contributed by atoms with Gasteiger partial charge < -0.3 is 15.0 Å². The molecule has 1 aliphatic rings. The van der Waals surface area contributed by atoms with Crippen molar-refractivity contribution in [2.24, 2.45) is 5.41 Å². The summed E-state index contributed by atoms with van der Waals surface area (Å²) in [5.74, 6) is -1.09. The lowest BCUT2D eigenvalue weighted by Gasteiger charge is -2.36. The van der Waals surface area contributed by atoms with Gasteiger partial charge in [0, 0.05) is 19.2 Å². The van der Waals surface area contributed by atoms with Gasteiger partial charge in [-0.1, -0.05) is 6.07 Å². The van der Waals surface area contributed by atoms with Crippen LogP contribution >= 0.6 is 0 Å². The maximum absolute atomic E-state index is 12.1. The van der Waals surface area contributed by atoms with Gasteiger partial charge in [0.15, 0.2) is 0 Å². The number of rotatable bonds is 2. The molecule has 0 spiro atoms. The number of hydrogen-bond donors (Lipinski definition) is 2. The van der Waals surface area contributed by atoms with Gasteiger partial charge >= 0.3 is 5.97 Å². The largest absolute Gasteiger partial charge is 0.481 e. The molecule has 19 heavy (non-hydrogen) atoms. The zero-order valence-electron chi connectivity index (χ0n) is 10.7. The highest BCUT2D eigenvalue weighted by Crippen LogP contribution is 2.31. The lowest BCUT2D eigenvalue weighted by atomic mass is 9.80. The van der Waals surface area contributed by atoms with E-state index < -0.39 is 11.4 Å². The third kappa shape index (κ3) is 2.67. The quantitative estimate of drug-likeness (QED) is 0.822. The molecule has 1 fully saturated rings. The molecule has 2 N–H and O–H groups in total. The van der Waals surface area contributed by atoms with E-state index in [1.807, 2.05) is 0 Å². The van der Waals surface area contributed by atoms with E-state index in [9.17, 15) is 14.4 Å². The Morgan fingerprint density at radius 1 is 1.32 bits per heavy atom. The summed E-state index contributed by atoms with van der Waals surface area (Å²) in [5.41, 5.74) is -0.842. The number of carboxylic acids is 1. The first-order valence-electron chi connectivity index (χ1n) is 6.14. The fourth-order valence-corrected chi connectivity index (χ4v) is 2.16. The minimum absolute atomic E-state index is 0.242. The van der Waals surface area contributed by atoms with Crippen LogP contribution in [0, 0.1) is 5.41 Å². The first kappa shape index (κ1) is 13.3. The Hall–Kier alpha value is -2.11. The zero-order valence-corrected chi connectivity index (χ0v) is 10.7. The van der Waals surface area contributed by atoms with Crippen molar-refractivity contribution in [2.45, 2.75) is 19.8 Å². The third-order valence-corrected chi connectivity index (χ3v) is 3.67. The Kier molecular flexibility index (Phi) is 3.42. The average Bonchev–Trinajstić information content (AvgIpc) is 2.38. The van der Waals surface area contributed by atoms with Crippen LogP contribution < -0.4 is 5.56 Å². The standard InChI is InChI=1S/C13H16N2O4/c1-13(12(18)19)5-7-15(8-6-13)11(17)9-3-2-4-10(16)14-9/h2-4H,5-8H2,1H3,(H,14,16)(H,18,19). The summed E-state index contributed by atoms with van der Waals surface area (Å²) in [6.45, 7) is 2.47. The number of carboxylic acid groups (broad SMARTS) is 1. The lowest BCUT2D eigenvalue weighted by molar-refractivity contribution is -0.150. The van der Waals surface area contributed by atoms with E-state index in [1.165, 1.54) is 12.1 Å². The van der Waals surface area contributed by atoms with Gasteiger partial charge in [0.25, 0.3) is 5.91 Å². The van der Waals surface area contributed by atoms with Crippen LogP contribution in [0.5, 0.6) is 0 Å². The molecule has 0 saturated carbocycles. The van der Waals surface area contributed by atoms with E-state index in [2.05, 4.69) is 4.98 Å². The van der Waals surface area contributed by atoms with Gasteiger partial charge in [0.05, 0.1) is 5.41 Å². The molecule has 0 aromatic carbocycles. The number of carbonyl (C=O) groups excluding carboxylic acids is 1. The average molecular weight is 264 g/mol. The van der Waals surface area contributed by atoms with Crippen molar-refractivity contribution in [3.05, 3.63) is 34.2 Å². The van der Waals surface area contributed by atoms with Gasteiger partial charge in [0.2, 0.25) is 5.56 Å². The Labute approximate surface area is 110 Å². The van der Waals surface area contributed by atoms with Crippen LogP contribution in [-0.4, -0.2) is 40.0 Å². The molecule has 6 heteroatoms. The molecule has 0 radical (unpaired) electrons. The van der Waals surface area contributed by atoms with Gasteiger partial charge in [-0.15, -0.1) is 0 Å². The third-order valence-electron chi connectivity index (χ3n) is 3.67. The number of pyridine rings is 1. The minimum atomic E-state index is -0.826. The van der Waals surface area contributed by atoms with Crippen molar-refractivity contribution in [1.82, 2.24) is 9.88 Å². The van der Waals surface area contributed by atoms with E-state index in [0.29, 0.717) is 25.9 Å². The molecule has 0 atom stereocenters. The Morgan fingerprint density at radius 2 is 1.95 bits per heavy atom. The molecule has 1 saturated heterocycles. The second kappa shape index (κ2) is 4.87. The van der Waals surface area contributed by atoms with Crippen molar-refractivity contribution < 1.29 is 14.7 Å². The number of nitrogens with zero attached hydrogens (tertiary/aromatic N) is 1. The van der Waals surface area contributed by atoms with E-state index in [4.69, 9.17) is 5.11 Å². The Morgan fingerprint density at radius 3 is 2.47 bits per heavy atom. The summed E-state index contributed by atoms with van der Waals surface area (Å²) in [6.07, 6.45) is 0.844. The molecular weight excluding hydrogens is 248 g/mol. The number of nitrogens with one attached hydrogen (secondary N) is 1. The second-order valence-electron chi connectivity index (χ2n) is 5.09. The van der Waals surface area contributed by atoms with Crippen LogP contribution in [0.2, 0.25) is 0 Å². The van der Waals surface area contributed by atoms with Gasteiger partial charge in [-0.2, -0.15) is 0 Å². The van der Waals surface area contributed by atoms with Crippen molar-refractivity contribution in [1.29, 1.82) is 0 Å². The highest BCUT2D eigenvalue weighted by molar-refractivity contribution is 5.92. The smallest absolute Gasteiger partial charge is 0.309 e. The minimum Gasteiger partial charge on any atom is -0.481 e. The number of hydrogen-bond acceptors (Lipinski definition) is 3. The number of likely N-dealkylation sites (tertiary alicyclic amines) is 1. The molecule has 1 aromatic heterocycles. The predicted molar refractivity (Wildman–Crippen MR) is 67.9 cm³/mol. The van der Waals surface area contributed by atoms with Gasteiger partial charge in [-0.05, 0) is 25.8 Å². The molecule has 1 amide bonds. The lowest BCUT2D eigenvalue weighted by Crippen LogP contribution is -2.45. The first-order chi connectivity index (χ1) is 8.92. The highest BCUT2D eigenvalue weighted by atomic mass is 16.4. The molecule has 2 rings (SSSR count). The van der Waals surface area contributed by atoms with Crippen LogP contribution in [0.15, 0.2) is 23.0 Å². The first-order valence-corrected chi connectivity index (χ1v) is 6.14. The topological polar surface area (TPSA) is 90.5 Å². The Bertz CT molecular complexity index is 556. The zero-order chi connectivity index (χ0) is 14.0. The molecule has 102 valence electrons. The summed E-state index contributed by atoms with van der Waals surface area (Å²) >= 11 is 0. The molecule has 2 heterocycles. The number of aliphatic carboxylic acids is 1. The second-order valence-corrected chi connectivity index (χ2v) is 5.09. The molecule has 0 unspecified atom stereocenters. The van der Waals surface area contributed by atoms with E-state index >= 15 is 0 Å². The Balaban J connectivity index is 2.08. The summed E-state index contributed by atoms with van der Waals surface area (Å²) in [7, 11) is 0. The fraction of sp³-hybridized carbons (Fsp3) is 0.462. The monoisotopic (exact) mass is 264 g/mol. The van der Waals surface area contributed by atoms with Crippen LogP contribution in [0.1, 0.15) is 30.3 Å². The molecule has 0 aliphatic carbocycles. The maximum atomic E-state index is 12.1. The number of amides is 1. The van der Waals surface area contributed by atoms with Crippen LogP contribution in [0.25, 0.3) is 0 Å². The van der Waals surface area contributed by atoms with E-state index in [-0.39, 0.29) is 17.2 Å². The molecule has 1 aliphatic heterocycles.